The lowest BCUT2D eigenvalue weighted by Gasteiger charge is -1.99. The number of nitrogens with zero attached hydrogens (tertiary/aromatic N) is 4. The minimum atomic E-state index is 0.662. The summed E-state index contributed by atoms with van der Waals surface area (Å²) in [4.78, 5) is 0. The fourth-order valence-corrected chi connectivity index (χ4v) is 2.16. The monoisotopic (exact) mass is 301 g/mol. The Kier molecular flexibility index (Phi) is 6.24. The summed E-state index contributed by atoms with van der Waals surface area (Å²) in [6.45, 7) is 5.06. The quantitative estimate of drug-likeness (QED) is 0.578. The van der Waals surface area contributed by atoms with E-state index in [2.05, 4.69) is 26.3 Å². The average molecular weight is 301 g/mol. The lowest BCUT2D eigenvalue weighted by atomic mass is 10.2. The van der Waals surface area contributed by atoms with Crippen molar-refractivity contribution in [1.29, 1.82) is 0 Å². The van der Waals surface area contributed by atoms with Gasteiger partial charge >= 0.3 is 5.95 Å². The van der Waals surface area contributed by atoms with Crippen molar-refractivity contribution in [3.63, 3.8) is 0 Å². The third-order valence-corrected chi connectivity index (χ3v) is 3.44. The van der Waals surface area contributed by atoms with Crippen LogP contribution in [0.5, 0.6) is 0 Å². The van der Waals surface area contributed by atoms with E-state index in [-0.39, 0.29) is 0 Å². The number of nitrogens with two attached hydrogens (primary N) is 2. The zero-order valence-corrected chi connectivity index (χ0v) is 13.2. The molecule has 1 aromatic carbocycles. The molecule has 0 saturated heterocycles. The molecule has 0 spiro atoms. The van der Waals surface area contributed by atoms with Crippen molar-refractivity contribution in [2.75, 3.05) is 13.1 Å². The van der Waals surface area contributed by atoms with Gasteiger partial charge in [0, 0.05) is 5.11 Å². The summed E-state index contributed by atoms with van der Waals surface area (Å²) >= 11 is 0. The molecule has 118 valence electrons. The number of azo groups is 1. The molecule has 0 aliphatic heterocycles. The normalized spacial score (nSPS) is 11.4. The summed E-state index contributed by atoms with van der Waals surface area (Å²) in [5.74, 6) is 0.836. The minimum Gasteiger partial charge on any atom is -0.330 e. The van der Waals surface area contributed by atoms with Crippen LogP contribution >= 0.6 is 0 Å². The molecule has 4 N–H and O–H groups in total. The Labute approximate surface area is 131 Å². The molecule has 2 rings (SSSR count). The zero-order chi connectivity index (χ0) is 15.8. The maximum atomic E-state index is 5.60. The fourth-order valence-electron chi connectivity index (χ4n) is 2.16. The van der Waals surface area contributed by atoms with Crippen molar-refractivity contribution >= 4 is 11.6 Å². The Morgan fingerprint density at radius 2 is 1.77 bits per heavy atom. The van der Waals surface area contributed by atoms with Gasteiger partial charge in [-0.05, 0) is 45.0 Å². The Hall–Kier alpha value is -2.05. The van der Waals surface area contributed by atoms with Gasteiger partial charge < -0.3 is 11.5 Å². The highest BCUT2D eigenvalue weighted by Gasteiger charge is 2.16. The van der Waals surface area contributed by atoms with E-state index in [1.807, 2.05) is 36.7 Å². The van der Waals surface area contributed by atoms with Crippen molar-refractivity contribution in [1.82, 2.24) is 4.57 Å². The Balaban J connectivity index is 2.21. The first-order valence-electron chi connectivity index (χ1n) is 7.71. The van der Waals surface area contributed by atoms with E-state index in [0.717, 1.165) is 37.6 Å². The maximum absolute atomic E-state index is 5.60. The van der Waals surface area contributed by atoms with Crippen LogP contribution < -0.4 is 16.0 Å². The predicted octanol–water partition coefficient (Wildman–Crippen LogP) is 2.20. The summed E-state index contributed by atoms with van der Waals surface area (Å²) in [7, 11) is 0. The number of imidazole rings is 1. The number of aryl methyl sites for hydroxylation is 3. The molecule has 2 aromatic rings. The molecular formula is C16H25N6+. The molecule has 0 radical (unpaired) electrons. The Morgan fingerprint density at radius 1 is 1.05 bits per heavy atom. The van der Waals surface area contributed by atoms with Crippen LogP contribution in [0.15, 0.2) is 46.9 Å². The smallest absolute Gasteiger partial charge is 0.330 e. The van der Waals surface area contributed by atoms with E-state index < -0.39 is 0 Å². The van der Waals surface area contributed by atoms with E-state index in [1.54, 1.807) is 0 Å². The van der Waals surface area contributed by atoms with Crippen LogP contribution in [0.3, 0.4) is 0 Å². The third-order valence-electron chi connectivity index (χ3n) is 3.44. The summed E-state index contributed by atoms with van der Waals surface area (Å²) in [6.07, 6.45) is 5.88. The molecule has 6 heteroatoms. The molecule has 1 heterocycles. The molecule has 0 aliphatic carbocycles. The van der Waals surface area contributed by atoms with Gasteiger partial charge in [0.05, 0.1) is 25.5 Å². The molecule has 0 fully saturated rings. The second kappa shape index (κ2) is 8.41. The molecule has 0 unspecified atom stereocenters. The standard InChI is InChI=1S/C16H25N6/c1-14-4-6-15(7-5-14)19-20-16-21(10-2-8-17)12-13-22(16)11-3-9-18/h4-7,12-13H,2-3,8-11,17-18H2,1H3/q+1. The number of benzene rings is 1. The fraction of sp³-hybridized carbons (Fsp3) is 0.438. The Bertz CT molecular complexity index is 574. The van der Waals surface area contributed by atoms with Crippen LogP contribution in [0.4, 0.5) is 11.6 Å². The zero-order valence-electron chi connectivity index (χ0n) is 13.2. The van der Waals surface area contributed by atoms with Gasteiger partial charge in [-0.3, -0.25) is 0 Å². The van der Waals surface area contributed by atoms with Gasteiger partial charge in [-0.2, -0.15) is 0 Å². The van der Waals surface area contributed by atoms with Crippen LogP contribution in [-0.2, 0) is 13.1 Å². The molecular weight excluding hydrogens is 276 g/mol. The molecule has 0 atom stereocenters. The number of hydrogen-bond donors (Lipinski definition) is 2. The van der Waals surface area contributed by atoms with Gasteiger partial charge in [0.1, 0.15) is 5.69 Å². The van der Waals surface area contributed by atoms with E-state index >= 15 is 0 Å². The number of hydrogen-bond acceptors (Lipinski definition) is 4. The van der Waals surface area contributed by atoms with Gasteiger partial charge in [0.2, 0.25) is 0 Å². The van der Waals surface area contributed by atoms with Crippen molar-refractivity contribution in [3.05, 3.63) is 42.2 Å². The van der Waals surface area contributed by atoms with Crippen LogP contribution in [0, 0.1) is 6.92 Å². The number of rotatable bonds is 8. The van der Waals surface area contributed by atoms with Crippen LogP contribution in [-0.4, -0.2) is 17.7 Å². The number of aromatic nitrogens is 2. The van der Waals surface area contributed by atoms with Crippen LogP contribution in [0.1, 0.15) is 18.4 Å². The highest BCUT2D eigenvalue weighted by molar-refractivity contribution is 5.38. The van der Waals surface area contributed by atoms with Gasteiger partial charge in [0.15, 0.2) is 0 Å². The molecule has 22 heavy (non-hydrogen) atoms. The van der Waals surface area contributed by atoms with Crippen molar-refractivity contribution in [2.45, 2.75) is 32.9 Å². The maximum Gasteiger partial charge on any atom is 0.421 e. The van der Waals surface area contributed by atoms with E-state index in [0.29, 0.717) is 13.1 Å². The lowest BCUT2D eigenvalue weighted by Crippen LogP contribution is -2.33. The molecule has 6 nitrogen and oxygen atoms in total. The second-order valence-electron chi connectivity index (χ2n) is 5.30. The summed E-state index contributed by atoms with van der Waals surface area (Å²) < 4.78 is 4.17. The van der Waals surface area contributed by atoms with Crippen molar-refractivity contribution < 1.29 is 4.57 Å². The topological polar surface area (TPSA) is 85.6 Å². The first-order valence-corrected chi connectivity index (χ1v) is 7.71. The van der Waals surface area contributed by atoms with Gasteiger partial charge in [-0.15, -0.1) is 0 Å². The molecule has 0 saturated carbocycles. The third kappa shape index (κ3) is 4.47. The average Bonchev–Trinajstić information content (AvgIpc) is 2.92. The highest BCUT2D eigenvalue weighted by atomic mass is 15.3. The van der Waals surface area contributed by atoms with Gasteiger partial charge in [0.25, 0.3) is 0 Å². The highest BCUT2D eigenvalue weighted by Crippen LogP contribution is 2.17. The molecule has 1 aromatic heterocycles. The van der Waals surface area contributed by atoms with E-state index in [9.17, 15) is 0 Å². The summed E-state index contributed by atoms with van der Waals surface area (Å²) in [6, 6.07) is 8.00. The summed E-state index contributed by atoms with van der Waals surface area (Å²) in [5.41, 5.74) is 13.3. The van der Waals surface area contributed by atoms with Crippen molar-refractivity contribution in [3.8, 4) is 0 Å². The first-order chi connectivity index (χ1) is 10.7. The van der Waals surface area contributed by atoms with E-state index in [4.69, 9.17) is 11.5 Å². The molecule has 0 bridgehead atoms. The van der Waals surface area contributed by atoms with Crippen molar-refractivity contribution in [2.24, 2.45) is 21.7 Å². The van der Waals surface area contributed by atoms with Gasteiger partial charge in [-0.25, -0.2) is 9.13 Å². The lowest BCUT2D eigenvalue weighted by molar-refractivity contribution is -0.683. The Morgan fingerprint density at radius 3 is 2.45 bits per heavy atom. The van der Waals surface area contributed by atoms with Gasteiger partial charge in [-0.1, -0.05) is 22.8 Å². The molecule has 0 aliphatic rings. The minimum absolute atomic E-state index is 0.662. The van der Waals surface area contributed by atoms with Crippen LogP contribution in [0.2, 0.25) is 0 Å². The second-order valence-corrected chi connectivity index (χ2v) is 5.30. The summed E-state index contributed by atoms with van der Waals surface area (Å²) in [5, 5.41) is 8.79. The van der Waals surface area contributed by atoms with E-state index in [1.165, 1.54) is 5.56 Å². The predicted molar refractivity (Wildman–Crippen MR) is 87.3 cm³/mol. The van der Waals surface area contributed by atoms with Crippen LogP contribution in [0.25, 0.3) is 0 Å². The largest absolute Gasteiger partial charge is 0.421 e. The first kappa shape index (κ1) is 16.3. The SMILES string of the molecule is Cc1ccc(N=Nc2n(CCCN)cc[n+]2CCCN)cc1. The molecule has 0 amide bonds.